The minimum atomic E-state index is -4.56. The van der Waals surface area contributed by atoms with Crippen molar-refractivity contribution in [2.24, 2.45) is 13.0 Å². The van der Waals surface area contributed by atoms with Crippen molar-refractivity contribution in [3.8, 4) is 0 Å². The Morgan fingerprint density at radius 3 is 2.70 bits per heavy atom. The molecule has 1 amide bonds. The lowest BCUT2D eigenvalue weighted by Gasteiger charge is -2.39. The van der Waals surface area contributed by atoms with E-state index < -0.39 is 17.6 Å². The Kier molecular flexibility index (Phi) is 6.94. The highest BCUT2D eigenvalue weighted by Gasteiger charge is 2.41. The molecule has 1 N–H and O–H groups in total. The molecule has 3 aliphatic rings. The SMILES string of the molecule is Cn1cnnc1[C@H](C[C@@H]1CCOC1)c1cccc(N2Cc3c(cc(CNC4(C)CCC4)cc3C(F)(F)F)C2=O)c1. The van der Waals surface area contributed by atoms with E-state index in [-0.39, 0.29) is 29.1 Å². The minimum absolute atomic E-state index is 0.0365. The van der Waals surface area contributed by atoms with E-state index in [1.165, 1.54) is 11.0 Å². The molecule has 3 aromatic rings. The van der Waals surface area contributed by atoms with Crippen LogP contribution in [0.1, 0.15) is 83.4 Å². The maximum absolute atomic E-state index is 14.2. The molecule has 6 rings (SSSR count). The summed E-state index contributed by atoms with van der Waals surface area (Å²) in [5.74, 6) is 0.674. The Labute approximate surface area is 231 Å². The highest BCUT2D eigenvalue weighted by atomic mass is 19.4. The van der Waals surface area contributed by atoms with E-state index >= 15 is 0 Å². The fourth-order valence-corrected chi connectivity index (χ4v) is 6.24. The zero-order valence-corrected chi connectivity index (χ0v) is 22.8. The van der Waals surface area contributed by atoms with Crippen LogP contribution in [-0.4, -0.2) is 39.4 Å². The van der Waals surface area contributed by atoms with Gasteiger partial charge in [-0.25, -0.2) is 0 Å². The largest absolute Gasteiger partial charge is 0.416 e. The Morgan fingerprint density at radius 2 is 2.05 bits per heavy atom. The first-order valence-corrected chi connectivity index (χ1v) is 13.9. The molecule has 7 nitrogen and oxygen atoms in total. The van der Waals surface area contributed by atoms with E-state index in [4.69, 9.17) is 4.74 Å². The number of nitrogens with zero attached hydrogens (tertiary/aromatic N) is 4. The first-order chi connectivity index (χ1) is 19.1. The van der Waals surface area contributed by atoms with Crippen molar-refractivity contribution in [2.75, 3.05) is 18.1 Å². The number of benzene rings is 2. The third kappa shape index (κ3) is 5.14. The molecule has 1 aromatic heterocycles. The Bertz CT molecular complexity index is 1410. The number of hydrogen-bond acceptors (Lipinski definition) is 5. The van der Waals surface area contributed by atoms with Crippen molar-refractivity contribution in [2.45, 2.75) is 69.8 Å². The number of hydrogen-bond donors (Lipinski definition) is 1. The van der Waals surface area contributed by atoms with Crippen LogP contribution in [0.4, 0.5) is 18.9 Å². The van der Waals surface area contributed by atoms with Crippen LogP contribution in [0, 0.1) is 5.92 Å². The number of fused-ring (bicyclic) bond motifs is 1. The topological polar surface area (TPSA) is 72.3 Å². The Balaban J connectivity index is 1.31. The summed E-state index contributed by atoms with van der Waals surface area (Å²) in [4.78, 5) is 15.1. The number of aryl methyl sites for hydroxylation is 1. The number of aromatic nitrogens is 3. The molecule has 212 valence electrons. The Morgan fingerprint density at radius 1 is 1.23 bits per heavy atom. The molecule has 10 heteroatoms. The molecule has 0 unspecified atom stereocenters. The van der Waals surface area contributed by atoms with Gasteiger partial charge in [0, 0.05) is 49.5 Å². The fourth-order valence-electron chi connectivity index (χ4n) is 6.24. The highest BCUT2D eigenvalue weighted by molar-refractivity contribution is 6.10. The lowest BCUT2D eigenvalue weighted by Crippen LogP contribution is -2.47. The van der Waals surface area contributed by atoms with Crippen LogP contribution >= 0.6 is 0 Å². The number of rotatable bonds is 8. The van der Waals surface area contributed by atoms with Gasteiger partial charge in [-0.05, 0) is 85.9 Å². The van der Waals surface area contributed by atoms with Gasteiger partial charge in [0.1, 0.15) is 12.2 Å². The number of amides is 1. The molecule has 0 spiro atoms. The summed E-state index contributed by atoms with van der Waals surface area (Å²) in [6.07, 6.45) is 1.97. The van der Waals surface area contributed by atoms with Gasteiger partial charge in [-0.15, -0.1) is 10.2 Å². The van der Waals surface area contributed by atoms with Crippen LogP contribution in [-0.2, 0) is 31.1 Å². The molecular weight excluding hydrogens is 519 g/mol. The van der Waals surface area contributed by atoms with Crippen molar-refractivity contribution in [3.63, 3.8) is 0 Å². The van der Waals surface area contributed by atoms with Gasteiger partial charge >= 0.3 is 6.18 Å². The molecular formula is C30H34F3N5O2. The van der Waals surface area contributed by atoms with Gasteiger partial charge in [-0.1, -0.05) is 12.1 Å². The standard InChI is InChI=1S/C30H34F3N5O2/c1-29(8-4-9-29)34-15-20-12-24-25(26(13-20)30(31,32)33)16-38(28(24)39)22-6-3-5-21(14-22)23(11-19-7-10-40-17-19)27-36-35-18-37(27)2/h3,5-6,12-14,18-19,23,34H,4,7-11,15-17H2,1-2H3/t19-,23+/m0/s1. The second kappa shape index (κ2) is 10.3. The molecule has 2 aliphatic heterocycles. The lowest BCUT2D eigenvalue weighted by atomic mass is 9.78. The Hall–Kier alpha value is -3.24. The normalized spacial score (nSPS) is 21.0. The molecule has 3 heterocycles. The quantitative estimate of drug-likeness (QED) is 0.394. The van der Waals surface area contributed by atoms with Crippen LogP contribution in [0.15, 0.2) is 42.7 Å². The van der Waals surface area contributed by atoms with Crippen LogP contribution in [0.25, 0.3) is 0 Å². The second-order valence-electron chi connectivity index (χ2n) is 11.7. The van der Waals surface area contributed by atoms with Gasteiger partial charge < -0.3 is 19.5 Å². The van der Waals surface area contributed by atoms with Gasteiger partial charge in [-0.3, -0.25) is 4.79 Å². The number of ether oxygens (including phenoxy) is 1. The van der Waals surface area contributed by atoms with E-state index in [0.29, 0.717) is 30.3 Å². The minimum Gasteiger partial charge on any atom is -0.381 e. The van der Waals surface area contributed by atoms with Gasteiger partial charge in [0.25, 0.3) is 5.91 Å². The maximum Gasteiger partial charge on any atom is 0.416 e. The van der Waals surface area contributed by atoms with Gasteiger partial charge in [0.2, 0.25) is 0 Å². The van der Waals surface area contributed by atoms with Crippen LogP contribution < -0.4 is 10.2 Å². The van der Waals surface area contributed by atoms with Gasteiger partial charge in [0.15, 0.2) is 0 Å². The van der Waals surface area contributed by atoms with Crippen LogP contribution in [0.2, 0.25) is 0 Å². The summed E-state index contributed by atoms with van der Waals surface area (Å²) < 4.78 is 50.1. The first kappa shape index (κ1) is 27.0. The molecule has 1 saturated heterocycles. The van der Waals surface area contributed by atoms with E-state index in [1.54, 1.807) is 18.5 Å². The number of nitrogens with one attached hydrogen (secondary N) is 1. The molecule has 2 aromatic carbocycles. The molecule has 2 atom stereocenters. The molecule has 1 saturated carbocycles. The molecule has 40 heavy (non-hydrogen) atoms. The van der Waals surface area contributed by atoms with E-state index in [0.717, 1.165) is 50.1 Å². The van der Waals surface area contributed by atoms with Crippen molar-refractivity contribution in [3.05, 3.63) is 76.4 Å². The molecule has 0 bridgehead atoms. The summed E-state index contributed by atoms with van der Waals surface area (Å²) in [5, 5.41) is 11.8. The summed E-state index contributed by atoms with van der Waals surface area (Å²) in [6.45, 7) is 3.67. The maximum atomic E-state index is 14.2. The number of anilines is 1. The average molecular weight is 554 g/mol. The smallest absolute Gasteiger partial charge is 0.381 e. The summed E-state index contributed by atoms with van der Waals surface area (Å²) >= 11 is 0. The highest BCUT2D eigenvalue weighted by Crippen LogP contribution is 2.41. The summed E-state index contributed by atoms with van der Waals surface area (Å²) in [5.41, 5.74) is 1.37. The predicted octanol–water partition coefficient (Wildman–Crippen LogP) is 5.59. The van der Waals surface area contributed by atoms with Gasteiger partial charge in [-0.2, -0.15) is 13.2 Å². The number of carbonyl (C=O) groups is 1. The van der Waals surface area contributed by atoms with Crippen molar-refractivity contribution in [1.82, 2.24) is 20.1 Å². The number of carbonyl (C=O) groups excluding carboxylic acids is 1. The van der Waals surface area contributed by atoms with Crippen molar-refractivity contribution in [1.29, 1.82) is 0 Å². The fraction of sp³-hybridized carbons (Fsp3) is 0.500. The van der Waals surface area contributed by atoms with Gasteiger partial charge in [0.05, 0.1) is 12.1 Å². The number of alkyl halides is 3. The van der Waals surface area contributed by atoms with Crippen LogP contribution in [0.3, 0.4) is 0 Å². The summed E-state index contributed by atoms with van der Waals surface area (Å²) in [7, 11) is 1.90. The summed E-state index contributed by atoms with van der Waals surface area (Å²) in [6, 6.07) is 10.4. The predicted molar refractivity (Wildman–Crippen MR) is 144 cm³/mol. The third-order valence-electron chi connectivity index (χ3n) is 8.82. The van der Waals surface area contributed by atoms with E-state index in [1.807, 2.05) is 29.8 Å². The zero-order chi connectivity index (χ0) is 28.1. The molecule has 1 aliphatic carbocycles. The monoisotopic (exact) mass is 553 g/mol. The third-order valence-corrected chi connectivity index (χ3v) is 8.82. The molecule has 0 radical (unpaired) electrons. The van der Waals surface area contributed by atoms with Crippen molar-refractivity contribution >= 4 is 11.6 Å². The first-order valence-electron chi connectivity index (χ1n) is 13.9. The van der Waals surface area contributed by atoms with E-state index in [9.17, 15) is 18.0 Å². The number of halogens is 3. The average Bonchev–Trinajstić information content (AvgIpc) is 3.65. The zero-order valence-electron chi connectivity index (χ0n) is 22.8. The molecule has 2 fully saturated rings. The van der Waals surface area contributed by atoms with E-state index in [2.05, 4.69) is 22.4 Å². The second-order valence-corrected chi connectivity index (χ2v) is 11.7. The lowest BCUT2D eigenvalue weighted by molar-refractivity contribution is -0.138. The van der Waals surface area contributed by atoms with Crippen LogP contribution in [0.5, 0.6) is 0 Å². The van der Waals surface area contributed by atoms with Crippen molar-refractivity contribution < 1.29 is 22.7 Å².